The van der Waals surface area contributed by atoms with Gasteiger partial charge in [0.15, 0.2) is 0 Å². The van der Waals surface area contributed by atoms with E-state index in [1.54, 1.807) is 24.4 Å². The second kappa shape index (κ2) is 4.82. The first-order chi connectivity index (χ1) is 9.78. The van der Waals surface area contributed by atoms with Crippen LogP contribution in [-0.2, 0) is 0 Å². The molecular weight excluding hydrogens is 254 g/mol. The Hall–Kier alpha value is -3.20. The van der Waals surface area contributed by atoms with Crippen molar-refractivity contribution in [3.05, 3.63) is 53.9 Å². The number of nitrogens with zero attached hydrogens (tertiary/aromatic N) is 3. The van der Waals surface area contributed by atoms with Gasteiger partial charge < -0.3 is 5.32 Å². The predicted octanol–water partition coefficient (Wildman–Crippen LogP) is 2.08. The zero-order chi connectivity index (χ0) is 13.9. The third kappa shape index (κ3) is 2.08. The molecule has 0 saturated heterocycles. The van der Waals surface area contributed by atoms with E-state index in [0.717, 1.165) is 10.9 Å². The molecule has 1 amide bonds. The van der Waals surface area contributed by atoms with Crippen LogP contribution in [0.25, 0.3) is 10.9 Å². The third-order valence-corrected chi connectivity index (χ3v) is 2.86. The quantitative estimate of drug-likeness (QED) is 0.740. The lowest BCUT2D eigenvalue weighted by Crippen LogP contribution is -2.13. The van der Waals surface area contributed by atoms with Gasteiger partial charge in [-0.2, -0.15) is 10.4 Å². The number of amides is 1. The van der Waals surface area contributed by atoms with Crippen molar-refractivity contribution in [2.75, 3.05) is 5.32 Å². The average molecular weight is 263 g/mol. The zero-order valence-electron chi connectivity index (χ0n) is 10.3. The second-order valence-corrected chi connectivity index (χ2v) is 4.14. The monoisotopic (exact) mass is 263 g/mol. The highest BCUT2D eigenvalue weighted by molar-refractivity contribution is 6.06. The summed E-state index contributed by atoms with van der Waals surface area (Å²) in [6.45, 7) is 0. The fraction of sp³-hybridized carbons (Fsp3) is 0. The largest absolute Gasteiger partial charge is 0.306 e. The van der Waals surface area contributed by atoms with Gasteiger partial charge in [0, 0.05) is 17.1 Å². The highest BCUT2D eigenvalue weighted by atomic mass is 16.1. The zero-order valence-corrected chi connectivity index (χ0v) is 10.3. The van der Waals surface area contributed by atoms with E-state index in [-0.39, 0.29) is 5.91 Å². The number of carbonyl (C=O) groups is 1. The van der Waals surface area contributed by atoms with Gasteiger partial charge >= 0.3 is 0 Å². The molecule has 0 unspecified atom stereocenters. The van der Waals surface area contributed by atoms with E-state index in [4.69, 9.17) is 5.26 Å². The Kier molecular flexibility index (Phi) is 2.86. The molecule has 0 atom stereocenters. The number of fused-ring (bicyclic) bond motifs is 1. The van der Waals surface area contributed by atoms with E-state index in [1.165, 1.54) is 6.20 Å². The molecule has 0 bridgehead atoms. The molecule has 0 radical (unpaired) electrons. The topological polar surface area (TPSA) is 94.5 Å². The Balaban J connectivity index is 1.91. The predicted molar refractivity (Wildman–Crippen MR) is 73.0 cm³/mol. The Bertz CT molecular complexity index is 831. The summed E-state index contributed by atoms with van der Waals surface area (Å²) in [7, 11) is 0. The van der Waals surface area contributed by atoms with Crippen molar-refractivity contribution in [2.45, 2.75) is 0 Å². The molecule has 2 heterocycles. The first-order valence-corrected chi connectivity index (χ1v) is 5.87. The summed E-state index contributed by atoms with van der Waals surface area (Å²) in [5.41, 5.74) is 1.60. The minimum Gasteiger partial charge on any atom is -0.306 e. The minimum atomic E-state index is -0.309. The SMILES string of the molecule is N#Cc1cn[nH]c1NC(=O)c1ccc2ncccc2c1. The standard InChI is InChI=1S/C14H9N5O/c15-7-11-8-17-19-13(11)18-14(20)10-3-4-12-9(6-10)2-1-5-16-12/h1-6,8H,(H2,17,18,19,20). The summed E-state index contributed by atoms with van der Waals surface area (Å²) < 4.78 is 0. The van der Waals surface area contributed by atoms with E-state index in [0.29, 0.717) is 16.9 Å². The van der Waals surface area contributed by atoms with Crippen molar-refractivity contribution in [3.63, 3.8) is 0 Å². The fourth-order valence-corrected chi connectivity index (χ4v) is 1.87. The summed E-state index contributed by atoms with van der Waals surface area (Å²) in [5, 5.41) is 18.7. The van der Waals surface area contributed by atoms with Crippen LogP contribution in [0.4, 0.5) is 5.82 Å². The number of rotatable bonds is 2. The summed E-state index contributed by atoms with van der Waals surface area (Å²) in [6.07, 6.45) is 3.06. The van der Waals surface area contributed by atoms with E-state index in [2.05, 4.69) is 20.5 Å². The molecule has 0 fully saturated rings. The summed E-state index contributed by atoms with van der Waals surface area (Å²) >= 11 is 0. The van der Waals surface area contributed by atoms with Crippen molar-refractivity contribution in [1.82, 2.24) is 15.2 Å². The van der Waals surface area contributed by atoms with Crippen LogP contribution < -0.4 is 5.32 Å². The van der Waals surface area contributed by atoms with Gasteiger partial charge in [0.2, 0.25) is 0 Å². The maximum atomic E-state index is 12.1. The van der Waals surface area contributed by atoms with Crippen LogP contribution in [0.2, 0.25) is 0 Å². The lowest BCUT2D eigenvalue weighted by Gasteiger charge is -2.04. The maximum absolute atomic E-state index is 12.1. The summed E-state index contributed by atoms with van der Waals surface area (Å²) in [4.78, 5) is 16.3. The van der Waals surface area contributed by atoms with Crippen LogP contribution in [0.15, 0.2) is 42.7 Å². The van der Waals surface area contributed by atoms with E-state index < -0.39 is 0 Å². The lowest BCUT2D eigenvalue weighted by atomic mass is 10.1. The first kappa shape index (κ1) is 11.9. The second-order valence-electron chi connectivity index (χ2n) is 4.14. The van der Waals surface area contributed by atoms with Gasteiger partial charge in [-0.05, 0) is 24.3 Å². The molecule has 0 aliphatic heterocycles. The van der Waals surface area contributed by atoms with Gasteiger partial charge in [-0.3, -0.25) is 14.9 Å². The number of aromatic amines is 1. The lowest BCUT2D eigenvalue weighted by molar-refractivity contribution is 0.102. The van der Waals surface area contributed by atoms with Gasteiger partial charge in [-0.25, -0.2) is 0 Å². The highest BCUT2D eigenvalue weighted by Crippen LogP contribution is 2.15. The molecule has 0 aliphatic carbocycles. The van der Waals surface area contributed by atoms with E-state index in [1.807, 2.05) is 18.2 Å². The third-order valence-electron chi connectivity index (χ3n) is 2.86. The normalized spacial score (nSPS) is 10.2. The minimum absolute atomic E-state index is 0.292. The number of benzene rings is 1. The number of anilines is 1. The molecule has 6 nitrogen and oxygen atoms in total. The summed E-state index contributed by atoms with van der Waals surface area (Å²) in [6, 6.07) is 10.9. The molecule has 0 aliphatic rings. The number of pyridine rings is 1. The summed E-state index contributed by atoms with van der Waals surface area (Å²) in [5.74, 6) is -0.0136. The Morgan fingerprint density at radius 2 is 2.25 bits per heavy atom. The van der Waals surface area contributed by atoms with Crippen LogP contribution in [-0.4, -0.2) is 21.1 Å². The number of H-pyrrole nitrogens is 1. The van der Waals surface area contributed by atoms with E-state index in [9.17, 15) is 4.79 Å². The number of nitrogens with one attached hydrogen (secondary N) is 2. The Morgan fingerprint density at radius 3 is 3.10 bits per heavy atom. The Morgan fingerprint density at radius 1 is 1.35 bits per heavy atom. The van der Waals surface area contributed by atoms with Gasteiger partial charge in [0.1, 0.15) is 17.5 Å². The van der Waals surface area contributed by atoms with Crippen LogP contribution in [0.3, 0.4) is 0 Å². The number of nitriles is 1. The molecule has 0 saturated carbocycles. The molecule has 1 aromatic carbocycles. The smallest absolute Gasteiger partial charge is 0.256 e. The van der Waals surface area contributed by atoms with Crippen molar-refractivity contribution < 1.29 is 4.79 Å². The molecule has 3 rings (SSSR count). The molecule has 2 aromatic heterocycles. The van der Waals surface area contributed by atoms with Crippen molar-refractivity contribution in [1.29, 1.82) is 5.26 Å². The van der Waals surface area contributed by atoms with Crippen LogP contribution >= 0.6 is 0 Å². The molecule has 20 heavy (non-hydrogen) atoms. The number of hydrogen-bond acceptors (Lipinski definition) is 4. The fourth-order valence-electron chi connectivity index (χ4n) is 1.87. The Labute approximate surface area is 114 Å². The first-order valence-electron chi connectivity index (χ1n) is 5.87. The van der Waals surface area contributed by atoms with Gasteiger partial charge in [0.25, 0.3) is 5.91 Å². The molecule has 96 valence electrons. The van der Waals surface area contributed by atoms with Crippen LogP contribution in [0.1, 0.15) is 15.9 Å². The molecule has 2 N–H and O–H groups in total. The van der Waals surface area contributed by atoms with Gasteiger partial charge in [-0.15, -0.1) is 0 Å². The highest BCUT2D eigenvalue weighted by Gasteiger charge is 2.11. The number of aromatic nitrogens is 3. The van der Waals surface area contributed by atoms with Crippen LogP contribution in [0.5, 0.6) is 0 Å². The van der Waals surface area contributed by atoms with Crippen molar-refractivity contribution >= 4 is 22.6 Å². The molecule has 6 heteroatoms. The van der Waals surface area contributed by atoms with E-state index >= 15 is 0 Å². The van der Waals surface area contributed by atoms with Crippen molar-refractivity contribution in [3.8, 4) is 6.07 Å². The van der Waals surface area contributed by atoms with Crippen LogP contribution in [0, 0.1) is 11.3 Å². The number of hydrogen-bond donors (Lipinski definition) is 2. The maximum Gasteiger partial charge on any atom is 0.256 e. The molecule has 0 spiro atoms. The van der Waals surface area contributed by atoms with Crippen molar-refractivity contribution in [2.24, 2.45) is 0 Å². The molecule has 3 aromatic rings. The average Bonchev–Trinajstić information content (AvgIpc) is 2.94. The number of carbonyl (C=O) groups excluding carboxylic acids is 1. The van der Waals surface area contributed by atoms with Gasteiger partial charge in [-0.1, -0.05) is 6.07 Å². The molecular formula is C14H9N5O. The van der Waals surface area contributed by atoms with Gasteiger partial charge in [0.05, 0.1) is 11.7 Å².